The summed E-state index contributed by atoms with van der Waals surface area (Å²) in [5, 5.41) is 11.9. The van der Waals surface area contributed by atoms with E-state index in [1.165, 1.54) is 0 Å². The SMILES string of the molecule is C[C@H](NC(=O)C1CCC(C(=O)O)CC1)c1cccnc1. The van der Waals surface area contributed by atoms with E-state index < -0.39 is 5.97 Å². The number of carboxylic acids is 1. The van der Waals surface area contributed by atoms with E-state index in [-0.39, 0.29) is 23.8 Å². The molecule has 1 aliphatic carbocycles. The van der Waals surface area contributed by atoms with Crippen molar-refractivity contribution < 1.29 is 14.7 Å². The largest absolute Gasteiger partial charge is 0.481 e. The van der Waals surface area contributed by atoms with E-state index in [0.717, 1.165) is 5.56 Å². The minimum absolute atomic E-state index is 0.0187. The molecule has 2 rings (SSSR count). The van der Waals surface area contributed by atoms with E-state index in [0.29, 0.717) is 25.7 Å². The molecule has 0 unspecified atom stereocenters. The van der Waals surface area contributed by atoms with Crippen LogP contribution in [0.2, 0.25) is 0 Å². The molecule has 5 nitrogen and oxygen atoms in total. The van der Waals surface area contributed by atoms with Gasteiger partial charge >= 0.3 is 5.97 Å². The Bertz CT molecular complexity index is 467. The molecule has 0 radical (unpaired) electrons. The first-order chi connectivity index (χ1) is 9.58. The van der Waals surface area contributed by atoms with Gasteiger partial charge in [0.05, 0.1) is 12.0 Å². The van der Waals surface area contributed by atoms with E-state index in [9.17, 15) is 9.59 Å². The lowest BCUT2D eigenvalue weighted by Crippen LogP contribution is -2.35. The summed E-state index contributed by atoms with van der Waals surface area (Å²) in [4.78, 5) is 27.1. The number of nitrogens with one attached hydrogen (secondary N) is 1. The van der Waals surface area contributed by atoms with Crippen LogP contribution < -0.4 is 5.32 Å². The van der Waals surface area contributed by atoms with Crippen molar-refractivity contribution in [2.75, 3.05) is 0 Å². The Labute approximate surface area is 118 Å². The van der Waals surface area contributed by atoms with Crippen LogP contribution in [0.3, 0.4) is 0 Å². The van der Waals surface area contributed by atoms with Crippen LogP contribution in [0.15, 0.2) is 24.5 Å². The zero-order valence-electron chi connectivity index (χ0n) is 11.6. The summed E-state index contributed by atoms with van der Waals surface area (Å²) in [5.74, 6) is -1.07. The summed E-state index contributed by atoms with van der Waals surface area (Å²) in [6, 6.07) is 3.70. The molecule has 1 amide bonds. The van der Waals surface area contributed by atoms with Crippen molar-refractivity contribution in [2.45, 2.75) is 38.6 Å². The minimum atomic E-state index is -0.743. The van der Waals surface area contributed by atoms with Gasteiger partial charge in [-0.1, -0.05) is 6.07 Å². The lowest BCUT2D eigenvalue weighted by atomic mass is 9.81. The average Bonchev–Trinajstić information content (AvgIpc) is 2.48. The van der Waals surface area contributed by atoms with Crippen LogP contribution in [0.1, 0.15) is 44.2 Å². The fraction of sp³-hybridized carbons (Fsp3) is 0.533. The summed E-state index contributed by atoms with van der Waals surface area (Å²) in [6.45, 7) is 1.93. The van der Waals surface area contributed by atoms with Crippen LogP contribution in [-0.4, -0.2) is 22.0 Å². The number of aromatic nitrogens is 1. The molecule has 1 saturated carbocycles. The molecule has 1 heterocycles. The van der Waals surface area contributed by atoms with E-state index in [1.54, 1.807) is 12.4 Å². The van der Waals surface area contributed by atoms with Crippen LogP contribution in [-0.2, 0) is 9.59 Å². The number of hydrogen-bond donors (Lipinski definition) is 2. The standard InChI is InChI=1S/C15H20N2O3/c1-10(13-3-2-8-16-9-13)17-14(18)11-4-6-12(7-5-11)15(19)20/h2-3,8-12H,4-7H2,1H3,(H,17,18)(H,19,20)/t10-,11?,12?/m0/s1. The predicted molar refractivity (Wildman–Crippen MR) is 73.9 cm³/mol. The van der Waals surface area contributed by atoms with Crippen molar-refractivity contribution in [3.63, 3.8) is 0 Å². The number of rotatable bonds is 4. The van der Waals surface area contributed by atoms with Gasteiger partial charge in [0, 0.05) is 18.3 Å². The van der Waals surface area contributed by atoms with Gasteiger partial charge < -0.3 is 10.4 Å². The molecule has 1 atom stereocenters. The lowest BCUT2D eigenvalue weighted by Gasteiger charge is -2.26. The molecule has 0 bridgehead atoms. The number of amides is 1. The molecule has 108 valence electrons. The second kappa shape index (κ2) is 6.50. The smallest absolute Gasteiger partial charge is 0.306 e. The second-order valence-electron chi connectivity index (χ2n) is 5.40. The van der Waals surface area contributed by atoms with E-state index >= 15 is 0 Å². The quantitative estimate of drug-likeness (QED) is 0.883. The molecule has 1 aromatic heterocycles. The summed E-state index contributed by atoms with van der Waals surface area (Å²) >= 11 is 0. The predicted octanol–water partition coefficient (Wildman–Crippen LogP) is 2.15. The van der Waals surface area contributed by atoms with Crippen molar-refractivity contribution in [3.05, 3.63) is 30.1 Å². The molecule has 0 spiro atoms. The van der Waals surface area contributed by atoms with Gasteiger partial charge in [0.2, 0.25) is 5.91 Å². The van der Waals surface area contributed by atoms with Crippen LogP contribution in [0, 0.1) is 11.8 Å². The first kappa shape index (κ1) is 14.5. The van der Waals surface area contributed by atoms with Crippen molar-refractivity contribution in [1.82, 2.24) is 10.3 Å². The van der Waals surface area contributed by atoms with Gasteiger partial charge in [0.15, 0.2) is 0 Å². The van der Waals surface area contributed by atoms with E-state index in [4.69, 9.17) is 5.11 Å². The summed E-state index contributed by atoms with van der Waals surface area (Å²) < 4.78 is 0. The number of carboxylic acid groups (broad SMARTS) is 1. The Morgan fingerprint density at radius 3 is 2.50 bits per heavy atom. The van der Waals surface area contributed by atoms with Gasteiger partial charge in [-0.25, -0.2) is 0 Å². The third-order valence-corrected chi connectivity index (χ3v) is 3.99. The van der Waals surface area contributed by atoms with E-state index in [1.807, 2.05) is 19.1 Å². The lowest BCUT2D eigenvalue weighted by molar-refractivity contribution is -0.144. The number of carbonyl (C=O) groups excluding carboxylic acids is 1. The van der Waals surface area contributed by atoms with Gasteiger partial charge in [0.25, 0.3) is 0 Å². The van der Waals surface area contributed by atoms with Crippen LogP contribution in [0.4, 0.5) is 0 Å². The highest BCUT2D eigenvalue weighted by Gasteiger charge is 2.30. The highest BCUT2D eigenvalue weighted by molar-refractivity contribution is 5.79. The number of carbonyl (C=O) groups is 2. The highest BCUT2D eigenvalue weighted by atomic mass is 16.4. The maximum atomic E-state index is 12.2. The molecule has 5 heteroatoms. The first-order valence-corrected chi connectivity index (χ1v) is 7.01. The molecule has 20 heavy (non-hydrogen) atoms. The molecule has 1 fully saturated rings. The molecular weight excluding hydrogens is 256 g/mol. The Morgan fingerprint density at radius 2 is 1.95 bits per heavy atom. The molecule has 0 aliphatic heterocycles. The monoisotopic (exact) mass is 276 g/mol. The second-order valence-corrected chi connectivity index (χ2v) is 5.40. The summed E-state index contributed by atoms with van der Waals surface area (Å²) in [5.41, 5.74) is 0.972. The zero-order valence-corrected chi connectivity index (χ0v) is 11.6. The maximum Gasteiger partial charge on any atom is 0.306 e. The molecule has 0 saturated heterocycles. The fourth-order valence-corrected chi connectivity index (χ4v) is 2.65. The van der Waals surface area contributed by atoms with Crippen molar-refractivity contribution >= 4 is 11.9 Å². The molecule has 1 aromatic rings. The summed E-state index contributed by atoms with van der Waals surface area (Å²) in [7, 11) is 0. The van der Waals surface area contributed by atoms with Crippen molar-refractivity contribution in [2.24, 2.45) is 11.8 Å². The first-order valence-electron chi connectivity index (χ1n) is 7.01. The Morgan fingerprint density at radius 1 is 1.30 bits per heavy atom. The summed E-state index contributed by atoms with van der Waals surface area (Å²) in [6.07, 6.45) is 5.94. The molecule has 2 N–H and O–H groups in total. The maximum absolute atomic E-state index is 12.2. The van der Waals surface area contributed by atoms with Gasteiger partial charge in [-0.2, -0.15) is 0 Å². The van der Waals surface area contributed by atoms with Crippen LogP contribution in [0.5, 0.6) is 0 Å². The highest BCUT2D eigenvalue weighted by Crippen LogP contribution is 2.29. The van der Waals surface area contributed by atoms with Gasteiger partial charge in [-0.05, 0) is 44.2 Å². The third kappa shape index (κ3) is 3.56. The molecule has 0 aromatic carbocycles. The van der Waals surface area contributed by atoms with Crippen LogP contribution in [0.25, 0.3) is 0 Å². The Kier molecular flexibility index (Phi) is 4.71. The third-order valence-electron chi connectivity index (χ3n) is 3.99. The Balaban J connectivity index is 1.85. The number of aliphatic carboxylic acids is 1. The topological polar surface area (TPSA) is 79.3 Å². The van der Waals surface area contributed by atoms with E-state index in [2.05, 4.69) is 10.3 Å². The van der Waals surface area contributed by atoms with Gasteiger partial charge in [-0.3, -0.25) is 14.6 Å². The molecule has 1 aliphatic rings. The van der Waals surface area contributed by atoms with Gasteiger partial charge in [0.1, 0.15) is 0 Å². The minimum Gasteiger partial charge on any atom is -0.481 e. The van der Waals surface area contributed by atoms with Crippen LogP contribution >= 0.6 is 0 Å². The average molecular weight is 276 g/mol. The number of hydrogen-bond acceptors (Lipinski definition) is 3. The molecular formula is C15H20N2O3. The number of nitrogens with zero attached hydrogens (tertiary/aromatic N) is 1. The zero-order chi connectivity index (χ0) is 14.5. The Hall–Kier alpha value is -1.91. The fourth-order valence-electron chi connectivity index (χ4n) is 2.65. The normalized spacial score (nSPS) is 23.9. The van der Waals surface area contributed by atoms with Crippen molar-refractivity contribution in [1.29, 1.82) is 0 Å². The van der Waals surface area contributed by atoms with Gasteiger partial charge in [-0.15, -0.1) is 0 Å². The van der Waals surface area contributed by atoms with Crippen molar-refractivity contribution in [3.8, 4) is 0 Å². The number of pyridine rings is 1.